The fraction of sp³-hybridized carbons (Fsp3) is 0.0909. The normalized spacial score (nSPS) is 10.9. The molecule has 0 aromatic carbocycles. The van der Waals surface area contributed by atoms with E-state index in [2.05, 4.69) is 40.8 Å². The van der Waals surface area contributed by atoms with E-state index in [9.17, 15) is 0 Å². The number of halogens is 1. The van der Waals surface area contributed by atoms with Crippen molar-refractivity contribution < 1.29 is 0 Å². The van der Waals surface area contributed by atoms with Gasteiger partial charge in [0.25, 0.3) is 0 Å². The quantitative estimate of drug-likeness (QED) is 0.747. The van der Waals surface area contributed by atoms with Crippen LogP contribution in [0.4, 0.5) is 0 Å². The molecule has 6 heteroatoms. The van der Waals surface area contributed by atoms with Crippen LogP contribution in [0, 0.1) is 6.92 Å². The second-order valence-corrected chi connectivity index (χ2v) is 4.57. The smallest absolute Gasteiger partial charge is 0.178 e. The van der Waals surface area contributed by atoms with Crippen LogP contribution < -0.4 is 0 Å². The summed E-state index contributed by atoms with van der Waals surface area (Å²) in [6.07, 6.45) is 5.13. The number of aryl methyl sites for hydroxylation is 1. The van der Waals surface area contributed by atoms with E-state index >= 15 is 0 Å². The Hall–Kier alpha value is -1.82. The first-order valence-corrected chi connectivity index (χ1v) is 5.82. The number of H-pyrrole nitrogens is 1. The van der Waals surface area contributed by atoms with Crippen molar-refractivity contribution in [1.82, 2.24) is 24.9 Å². The van der Waals surface area contributed by atoms with Crippen LogP contribution in [-0.2, 0) is 0 Å². The molecule has 3 heterocycles. The van der Waals surface area contributed by atoms with Crippen LogP contribution in [0.1, 0.15) is 5.69 Å². The average molecular weight is 290 g/mol. The number of fused-ring (bicyclic) bond motifs is 1. The lowest BCUT2D eigenvalue weighted by molar-refractivity contribution is 1.10. The molecule has 0 aliphatic heterocycles. The molecule has 3 aromatic rings. The molecule has 5 nitrogen and oxygen atoms in total. The maximum atomic E-state index is 4.36. The molecule has 0 saturated carbocycles. The summed E-state index contributed by atoms with van der Waals surface area (Å²) in [7, 11) is 0. The number of hydrogen-bond donors (Lipinski definition) is 1. The van der Waals surface area contributed by atoms with Crippen LogP contribution in [-0.4, -0.2) is 24.9 Å². The van der Waals surface area contributed by atoms with Gasteiger partial charge in [-0.15, -0.1) is 0 Å². The standard InChI is InChI=1S/C11H8BrN5/c1-6-3-14-9(5-13-6)11-16-8-2-7(12)4-15-10(8)17-11/h2-5H,1H3,(H,15,16,17). The van der Waals surface area contributed by atoms with Crippen molar-refractivity contribution in [2.45, 2.75) is 6.92 Å². The van der Waals surface area contributed by atoms with Crippen molar-refractivity contribution in [2.75, 3.05) is 0 Å². The third-order valence-corrected chi connectivity index (χ3v) is 2.76. The summed E-state index contributed by atoms with van der Waals surface area (Å²) < 4.78 is 0.912. The van der Waals surface area contributed by atoms with Gasteiger partial charge in [-0.2, -0.15) is 0 Å². The molecule has 3 rings (SSSR count). The van der Waals surface area contributed by atoms with E-state index in [1.807, 2.05) is 13.0 Å². The van der Waals surface area contributed by atoms with E-state index in [0.29, 0.717) is 17.2 Å². The highest BCUT2D eigenvalue weighted by molar-refractivity contribution is 9.10. The van der Waals surface area contributed by atoms with Gasteiger partial charge in [0.2, 0.25) is 0 Å². The lowest BCUT2D eigenvalue weighted by Gasteiger charge is -1.94. The predicted molar refractivity (Wildman–Crippen MR) is 67.4 cm³/mol. The van der Waals surface area contributed by atoms with Crippen LogP contribution in [0.15, 0.2) is 29.1 Å². The molecule has 3 aromatic heterocycles. The number of pyridine rings is 1. The van der Waals surface area contributed by atoms with Crippen LogP contribution in [0.2, 0.25) is 0 Å². The zero-order chi connectivity index (χ0) is 11.8. The maximum absolute atomic E-state index is 4.36. The van der Waals surface area contributed by atoms with Crippen molar-refractivity contribution in [3.63, 3.8) is 0 Å². The maximum Gasteiger partial charge on any atom is 0.178 e. The number of nitrogens with one attached hydrogen (secondary N) is 1. The van der Waals surface area contributed by atoms with Gasteiger partial charge in [0, 0.05) is 16.9 Å². The van der Waals surface area contributed by atoms with Crippen molar-refractivity contribution in [1.29, 1.82) is 0 Å². The van der Waals surface area contributed by atoms with Gasteiger partial charge >= 0.3 is 0 Å². The number of aromatic amines is 1. The second-order valence-electron chi connectivity index (χ2n) is 3.65. The van der Waals surface area contributed by atoms with E-state index in [4.69, 9.17) is 0 Å². The molecule has 0 fully saturated rings. The first-order valence-electron chi connectivity index (χ1n) is 5.02. The molecule has 0 amide bonds. The van der Waals surface area contributed by atoms with E-state index in [1.165, 1.54) is 0 Å². The minimum Gasteiger partial charge on any atom is -0.335 e. The van der Waals surface area contributed by atoms with Crippen molar-refractivity contribution in [3.8, 4) is 11.5 Å². The minimum absolute atomic E-state index is 0.672. The van der Waals surface area contributed by atoms with Crippen LogP contribution in [0.25, 0.3) is 22.7 Å². The Morgan fingerprint density at radius 2 is 2.00 bits per heavy atom. The number of imidazole rings is 1. The molecule has 0 atom stereocenters. The second kappa shape index (κ2) is 3.89. The number of nitrogens with zero attached hydrogens (tertiary/aromatic N) is 4. The predicted octanol–water partition coefficient (Wildman–Crippen LogP) is 2.49. The van der Waals surface area contributed by atoms with Crippen LogP contribution >= 0.6 is 15.9 Å². The van der Waals surface area contributed by atoms with Gasteiger partial charge in [-0.3, -0.25) is 4.98 Å². The summed E-state index contributed by atoms with van der Waals surface area (Å²) in [5, 5.41) is 0. The largest absolute Gasteiger partial charge is 0.335 e. The third-order valence-electron chi connectivity index (χ3n) is 2.33. The first-order chi connectivity index (χ1) is 8.22. The number of rotatable bonds is 1. The van der Waals surface area contributed by atoms with Gasteiger partial charge in [-0.1, -0.05) is 0 Å². The molecular weight excluding hydrogens is 282 g/mol. The van der Waals surface area contributed by atoms with E-state index in [1.54, 1.807) is 18.6 Å². The molecule has 0 saturated heterocycles. The SMILES string of the molecule is Cc1cnc(-c2nc3ncc(Br)cc3[nH]2)cn1. The summed E-state index contributed by atoms with van der Waals surface area (Å²) in [6, 6.07) is 1.93. The summed E-state index contributed by atoms with van der Waals surface area (Å²) >= 11 is 3.37. The molecule has 17 heavy (non-hydrogen) atoms. The summed E-state index contributed by atoms with van der Waals surface area (Å²) in [5.74, 6) is 0.679. The van der Waals surface area contributed by atoms with E-state index < -0.39 is 0 Å². The molecule has 0 aliphatic carbocycles. The molecule has 84 valence electrons. The third kappa shape index (κ3) is 1.91. The van der Waals surface area contributed by atoms with Crippen LogP contribution in [0.3, 0.4) is 0 Å². The average Bonchev–Trinajstić information content (AvgIpc) is 2.72. The molecule has 0 spiro atoms. The lowest BCUT2D eigenvalue weighted by atomic mass is 10.4. The topological polar surface area (TPSA) is 67.3 Å². The highest BCUT2D eigenvalue weighted by atomic mass is 79.9. The monoisotopic (exact) mass is 289 g/mol. The van der Waals surface area contributed by atoms with Crippen molar-refractivity contribution >= 4 is 27.1 Å². The van der Waals surface area contributed by atoms with Gasteiger partial charge in [0.15, 0.2) is 11.5 Å². The Bertz CT molecular complexity index is 674. The van der Waals surface area contributed by atoms with Gasteiger partial charge in [0.1, 0.15) is 5.69 Å². The Morgan fingerprint density at radius 1 is 1.12 bits per heavy atom. The zero-order valence-corrected chi connectivity index (χ0v) is 10.6. The zero-order valence-electron chi connectivity index (χ0n) is 8.98. The summed E-state index contributed by atoms with van der Waals surface area (Å²) in [6.45, 7) is 1.90. The fourth-order valence-electron chi connectivity index (χ4n) is 1.51. The molecule has 0 aliphatic rings. The van der Waals surface area contributed by atoms with E-state index in [0.717, 1.165) is 15.7 Å². The Balaban J connectivity index is 2.14. The fourth-order valence-corrected chi connectivity index (χ4v) is 1.84. The highest BCUT2D eigenvalue weighted by Crippen LogP contribution is 2.19. The van der Waals surface area contributed by atoms with Gasteiger partial charge in [-0.25, -0.2) is 15.0 Å². The van der Waals surface area contributed by atoms with Gasteiger partial charge in [-0.05, 0) is 28.9 Å². The molecule has 0 bridgehead atoms. The Labute approximate surface area is 105 Å². The van der Waals surface area contributed by atoms with Crippen molar-refractivity contribution in [2.24, 2.45) is 0 Å². The van der Waals surface area contributed by atoms with Crippen LogP contribution in [0.5, 0.6) is 0 Å². The van der Waals surface area contributed by atoms with E-state index in [-0.39, 0.29) is 0 Å². The molecule has 0 radical (unpaired) electrons. The van der Waals surface area contributed by atoms with Crippen molar-refractivity contribution in [3.05, 3.63) is 34.8 Å². The summed E-state index contributed by atoms with van der Waals surface area (Å²) in [5.41, 5.74) is 3.14. The molecular formula is C11H8BrN5. The van der Waals surface area contributed by atoms with Gasteiger partial charge in [0.05, 0.1) is 17.4 Å². The lowest BCUT2D eigenvalue weighted by Crippen LogP contribution is -1.89. The Kier molecular flexibility index (Phi) is 2.36. The minimum atomic E-state index is 0.672. The first kappa shape index (κ1) is 10.3. The summed E-state index contributed by atoms with van der Waals surface area (Å²) in [4.78, 5) is 20.2. The number of hydrogen-bond acceptors (Lipinski definition) is 4. The molecule has 1 N–H and O–H groups in total. The number of aromatic nitrogens is 5. The van der Waals surface area contributed by atoms with Gasteiger partial charge < -0.3 is 4.98 Å². The molecule has 0 unspecified atom stereocenters. The Morgan fingerprint density at radius 3 is 2.76 bits per heavy atom. The highest BCUT2D eigenvalue weighted by Gasteiger charge is 2.07.